The summed E-state index contributed by atoms with van der Waals surface area (Å²) in [6, 6.07) is 8.34. The number of ether oxygens (including phenoxy) is 1. The number of likely N-dealkylation sites (tertiary alicyclic amines) is 1. The SMILES string of the molecule is CCC1CN(CC2COc3ccccc32)CC/C1=N\O. The average Bonchev–Trinajstić information content (AvgIpc) is 2.90. The van der Waals surface area contributed by atoms with E-state index in [9.17, 15) is 0 Å². The van der Waals surface area contributed by atoms with Crippen LogP contribution in [0.4, 0.5) is 0 Å². The van der Waals surface area contributed by atoms with Crippen molar-refractivity contribution in [2.24, 2.45) is 11.1 Å². The molecular formula is C16H22N2O2. The number of hydrogen-bond donors (Lipinski definition) is 1. The summed E-state index contributed by atoms with van der Waals surface area (Å²) in [5.74, 6) is 1.90. The molecule has 2 atom stereocenters. The van der Waals surface area contributed by atoms with Gasteiger partial charge in [-0.3, -0.25) is 0 Å². The molecule has 108 valence electrons. The highest BCUT2D eigenvalue weighted by molar-refractivity contribution is 5.87. The van der Waals surface area contributed by atoms with Gasteiger partial charge >= 0.3 is 0 Å². The Hall–Kier alpha value is -1.55. The van der Waals surface area contributed by atoms with Gasteiger partial charge in [-0.2, -0.15) is 0 Å². The number of fused-ring (bicyclic) bond motifs is 1. The van der Waals surface area contributed by atoms with Crippen molar-refractivity contribution < 1.29 is 9.94 Å². The summed E-state index contributed by atoms with van der Waals surface area (Å²) in [7, 11) is 0. The molecule has 0 aliphatic carbocycles. The Bertz CT molecular complexity index is 501. The van der Waals surface area contributed by atoms with Gasteiger partial charge in [-0.15, -0.1) is 0 Å². The molecule has 2 heterocycles. The molecule has 2 aliphatic heterocycles. The molecule has 1 aromatic carbocycles. The van der Waals surface area contributed by atoms with E-state index in [0.29, 0.717) is 11.8 Å². The van der Waals surface area contributed by atoms with E-state index in [1.165, 1.54) is 5.56 Å². The zero-order valence-electron chi connectivity index (χ0n) is 12.0. The molecule has 0 bridgehead atoms. The van der Waals surface area contributed by atoms with E-state index in [1.807, 2.05) is 6.07 Å². The van der Waals surface area contributed by atoms with Crippen molar-refractivity contribution in [2.75, 3.05) is 26.2 Å². The van der Waals surface area contributed by atoms with Crippen molar-refractivity contribution in [2.45, 2.75) is 25.7 Å². The quantitative estimate of drug-likeness (QED) is 0.681. The van der Waals surface area contributed by atoms with Gasteiger partial charge in [0.2, 0.25) is 0 Å². The van der Waals surface area contributed by atoms with Crippen LogP contribution in [0.25, 0.3) is 0 Å². The van der Waals surface area contributed by atoms with Crippen LogP contribution in [0.15, 0.2) is 29.4 Å². The van der Waals surface area contributed by atoms with Gasteiger partial charge in [-0.25, -0.2) is 0 Å². The monoisotopic (exact) mass is 274 g/mol. The highest BCUT2D eigenvalue weighted by atomic mass is 16.5. The van der Waals surface area contributed by atoms with Crippen molar-refractivity contribution >= 4 is 5.71 Å². The van der Waals surface area contributed by atoms with Crippen molar-refractivity contribution in [1.82, 2.24) is 4.90 Å². The van der Waals surface area contributed by atoms with Crippen molar-refractivity contribution in [3.63, 3.8) is 0 Å². The van der Waals surface area contributed by atoms with Crippen LogP contribution in [-0.2, 0) is 0 Å². The summed E-state index contributed by atoms with van der Waals surface area (Å²) >= 11 is 0. The first-order valence-corrected chi connectivity index (χ1v) is 7.46. The van der Waals surface area contributed by atoms with Gasteiger partial charge in [0, 0.05) is 43.5 Å². The Morgan fingerprint density at radius 2 is 2.20 bits per heavy atom. The lowest BCUT2D eigenvalue weighted by Crippen LogP contribution is -2.42. The maximum atomic E-state index is 9.04. The van der Waals surface area contributed by atoms with Crippen LogP contribution in [0, 0.1) is 5.92 Å². The van der Waals surface area contributed by atoms with E-state index < -0.39 is 0 Å². The summed E-state index contributed by atoms with van der Waals surface area (Å²) in [5.41, 5.74) is 2.30. The van der Waals surface area contributed by atoms with Gasteiger partial charge in [-0.05, 0) is 12.5 Å². The van der Waals surface area contributed by atoms with E-state index in [-0.39, 0.29) is 0 Å². The molecule has 20 heavy (non-hydrogen) atoms. The maximum absolute atomic E-state index is 9.04. The smallest absolute Gasteiger partial charge is 0.122 e. The van der Waals surface area contributed by atoms with Crippen molar-refractivity contribution in [1.29, 1.82) is 0 Å². The lowest BCUT2D eigenvalue weighted by atomic mass is 9.92. The standard InChI is InChI=1S/C16H22N2O2/c1-2-12-9-18(8-7-15(12)17-19)10-13-11-20-16-6-4-3-5-14(13)16/h3-6,12-13,19H,2,7-11H2,1H3/b17-15+. The topological polar surface area (TPSA) is 45.1 Å². The Labute approximate surface area is 120 Å². The van der Waals surface area contributed by atoms with Gasteiger partial charge in [0.05, 0.1) is 12.3 Å². The van der Waals surface area contributed by atoms with E-state index in [2.05, 4.69) is 35.2 Å². The van der Waals surface area contributed by atoms with E-state index >= 15 is 0 Å². The van der Waals surface area contributed by atoms with E-state index in [0.717, 1.165) is 50.5 Å². The number of nitrogens with zero attached hydrogens (tertiary/aromatic N) is 2. The Morgan fingerprint density at radius 3 is 3.00 bits per heavy atom. The molecule has 0 radical (unpaired) electrons. The highest BCUT2D eigenvalue weighted by Gasteiger charge is 2.30. The number of para-hydroxylation sites is 1. The lowest BCUT2D eigenvalue weighted by molar-refractivity contribution is 0.202. The number of hydrogen-bond acceptors (Lipinski definition) is 4. The third kappa shape index (κ3) is 2.52. The zero-order chi connectivity index (χ0) is 13.9. The minimum absolute atomic E-state index is 0.395. The van der Waals surface area contributed by atoms with Crippen LogP contribution < -0.4 is 4.74 Å². The highest BCUT2D eigenvalue weighted by Crippen LogP contribution is 2.34. The van der Waals surface area contributed by atoms with Gasteiger partial charge < -0.3 is 14.8 Å². The predicted molar refractivity (Wildman–Crippen MR) is 78.7 cm³/mol. The maximum Gasteiger partial charge on any atom is 0.122 e. The van der Waals surface area contributed by atoms with Gasteiger partial charge in [0.1, 0.15) is 5.75 Å². The fourth-order valence-electron chi connectivity index (χ4n) is 3.34. The Kier molecular flexibility index (Phi) is 3.92. The van der Waals surface area contributed by atoms with Crippen molar-refractivity contribution in [3.8, 4) is 5.75 Å². The van der Waals surface area contributed by atoms with Crippen LogP contribution in [0.2, 0.25) is 0 Å². The largest absolute Gasteiger partial charge is 0.493 e. The van der Waals surface area contributed by atoms with Crippen LogP contribution in [0.5, 0.6) is 5.75 Å². The normalized spacial score (nSPS) is 28.4. The third-order valence-corrected chi connectivity index (χ3v) is 4.53. The summed E-state index contributed by atoms with van der Waals surface area (Å²) in [4.78, 5) is 2.49. The Morgan fingerprint density at radius 1 is 1.35 bits per heavy atom. The first kappa shape index (κ1) is 13.4. The molecule has 1 N–H and O–H groups in total. The predicted octanol–water partition coefficient (Wildman–Crippen LogP) is 2.72. The molecule has 3 rings (SSSR count). The zero-order valence-corrected chi connectivity index (χ0v) is 12.0. The van der Waals surface area contributed by atoms with Gasteiger partial charge in [0.25, 0.3) is 0 Å². The van der Waals surface area contributed by atoms with Gasteiger partial charge in [-0.1, -0.05) is 30.3 Å². The van der Waals surface area contributed by atoms with Crippen LogP contribution in [-0.4, -0.2) is 42.1 Å². The number of piperidine rings is 1. The molecule has 0 amide bonds. The third-order valence-electron chi connectivity index (χ3n) is 4.53. The number of benzene rings is 1. The fourth-order valence-corrected chi connectivity index (χ4v) is 3.34. The van der Waals surface area contributed by atoms with E-state index in [4.69, 9.17) is 9.94 Å². The van der Waals surface area contributed by atoms with Crippen molar-refractivity contribution in [3.05, 3.63) is 29.8 Å². The molecule has 4 nitrogen and oxygen atoms in total. The number of rotatable bonds is 3. The van der Waals surface area contributed by atoms with E-state index in [1.54, 1.807) is 0 Å². The first-order chi connectivity index (χ1) is 9.81. The minimum atomic E-state index is 0.395. The minimum Gasteiger partial charge on any atom is -0.493 e. The summed E-state index contributed by atoms with van der Waals surface area (Å²) in [6.45, 7) is 5.95. The van der Waals surface area contributed by atoms with Crippen LogP contribution >= 0.6 is 0 Å². The second-order valence-corrected chi connectivity index (χ2v) is 5.75. The molecule has 4 heteroatoms. The summed E-state index contributed by atoms with van der Waals surface area (Å²) in [6.07, 6.45) is 1.91. The molecule has 2 aliphatic rings. The van der Waals surface area contributed by atoms with Crippen LogP contribution in [0.3, 0.4) is 0 Å². The molecule has 1 fully saturated rings. The van der Waals surface area contributed by atoms with Crippen LogP contribution in [0.1, 0.15) is 31.2 Å². The Balaban J connectivity index is 1.65. The second kappa shape index (κ2) is 5.83. The lowest BCUT2D eigenvalue weighted by Gasteiger charge is -2.34. The average molecular weight is 274 g/mol. The molecule has 2 unspecified atom stereocenters. The molecule has 0 saturated carbocycles. The molecular weight excluding hydrogens is 252 g/mol. The summed E-state index contributed by atoms with van der Waals surface area (Å²) in [5, 5.41) is 12.5. The fraction of sp³-hybridized carbons (Fsp3) is 0.562. The molecule has 1 saturated heterocycles. The van der Waals surface area contributed by atoms with Gasteiger partial charge in [0.15, 0.2) is 0 Å². The molecule has 0 spiro atoms. The molecule has 0 aromatic heterocycles. The molecule has 1 aromatic rings. The second-order valence-electron chi connectivity index (χ2n) is 5.75. The first-order valence-electron chi connectivity index (χ1n) is 7.46. The number of oxime groups is 1. The summed E-state index contributed by atoms with van der Waals surface area (Å²) < 4.78 is 5.76.